The Morgan fingerprint density at radius 3 is 2.52 bits per heavy atom. The molecule has 0 aliphatic rings. The summed E-state index contributed by atoms with van der Waals surface area (Å²) >= 11 is 11.9. The fraction of sp³-hybridized carbons (Fsp3) is 0.211. The summed E-state index contributed by atoms with van der Waals surface area (Å²) in [5.74, 6) is -1.54. The van der Waals surface area contributed by atoms with E-state index in [1.54, 1.807) is 25.1 Å². The van der Waals surface area contributed by atoms with Crippen LogP contribution in [-0.4, -0.2) is 30.0 Å². The molecule has 2 aromatic carbocycles. The van der Waals surface area contributed by atoms with Crippen molar-refractivity contribution < 1.29 is 19.2 Å². The van der Waals surface area contributed by atoms with Gasteiger partial charge in [0.05, 0.1) is 28.0 Å². The van der Waals surface area contributed by atoms with E-state index in [0.717, 1.165) is 17.7 Å². The van der Waals surface area contributed by atoms with Gasteiger partial charge in [-0.1, -0.05) is 23.2 Å². The number of aryl methyl sites for hydroxylation is 1. The van der Waals surface area contributed by atoms with Crippen molar-refractivity contribution in [3.63, 3.8) is 0 Å². The van der Waals surface area contributed by atoms with Crippen LogP contribution < -0.4 is 4.90 Å². The number of anilines is 1. The van der Waals surface area contributed by atoms with Crippen molar-refractivity contribution in [1.82, 2.24) is 0 Å². The molecule has 29 heavy (non-hydrogen) atoms. The van der Waals surface area contributed by atoms with E-state index in [0.29, 0.717) is 10.7 Å². The highest BCUT2D eigenvalue weighted by Crippen LogP contribution is 2.24. The summed E-state index contributed by atoms with van der Waals surface area (Å²) < 4.78 is 5.00. The zero-order chi connectivity index (χ0) is 21.6. The molecule has 0 radical (unpaired) electrons. The van der Waals surface area contributed by atoms with Crippen molar-refractivity contribution in [3.05, 3.63) is 67.7 Å². The van der Waals surface area contributed by atoms with Crippen molar-refractivity contribution >= 4 is 46.5 Å². The number of rotatable bonds is 7. The molecule has 1 amide bonds. The van der Waals surface area contributed by atoms with Gasteiger partial charge in [0.25, 0.3) is 11.6 Å². The lowest BCUT2D eigenvalue weighted by Gasteiger charge is -2.22. The SMILES string of the molecule is Cc1cc(N(CCC#N)C(=O)COC(=O)c2cc([N+](=O)[O-])ccc2Cl)ccc1Cl. The molecule has 150 valence electrons. The third-order valence-corrected chi connectivity index (χ3v) is 4.66. The number of nitro benzene ring substituents is 1. The highest BCUT2D eigenvalue weighted by atomic mass is 35.5. The molecule has 0 aliphatic heterocycles. The van der Waals surface area contributed by atoms with E-state index in [9.17, 15) is 19.7 Å². The van der Waals surface area contributed by atoms with Crippen molar-refractivity contribution in [3.8, 4) is 6.07 Å². The first kappa shape index (κ1) is 22.1. The van der Waals surface area contributed by atoms with Crippen LogP contribution in [0.1, 0.15) is 22.3 Å². The maximum atomic E-state index is 12.6. The number of nitrogens with zero attached hydrogens (tertiary/aromatic N) is 3. The number of hydrogen-bond donors (Lipinski definition) is 0. The van der Waals surface area contributed by atoms with Gasteiger partial charge in [-0.2, -0.15) is 5.26 Å². The van der Waals surface area contributed by atoms with Crippen LogP contribution in [0, 0.1) is 28.4 Å². The smallest absolute Gasteiger partial charge is 0.340 e. The van der Waals surface area contributed by atoms with Gasteiger partial charge in [0.1, 0.15) is 0 Å². The third-order valence-electron chi connectivity index (χ3n) is 3.91. The quantitative estimate of drug-likeness (QED) is 0.363. The molecule has 0 unspecified atom stereocenters. The molecular formula is C19H15Cl2N3O5. The van der Waals surface area contributed by atoms with Crippen molar-refractivity contribution in [2.75, 3.05) is 18.1 Å². The molecule has 0 bridgehead atoms. The highest BCUT2D eigenvalue weighted by Gasteiger charge is 2.21. The Balaban J connectivity index is 2.16. The minimum atomic E-state index is -0.973. The van der Waals surface area contributed by atoms with E-state index in [1.165, 1.54) is 11.0 Å². The molecule has 2 rings (SSSR count). The van der Waals surface area contributed by atoms with Gasteiger partial charge in [0.2, 0.25) is 0 Å². The number of nitro groups is 1. The van der Waals surface area contributed by atoms with E-state index >= 15 is 0 Å². The number of amides is 1. The Labute approximate surface area is 176 Å². The Kier molecular flexibility index (Phi) is 7.53. The van der Waals surface area contributed by atoms with Gasteiger partial charge in [-0.3, -0.25) is 14.9 Å². The van der Waals surface area contributed by atoms with E-state index in [2.05, 4.69) is 0 Å². The maximum absolute atomic E-state index is 12.6. The second kappa shape index (κ2) is 9.87. The van der Waals surface area contributed by atoms with Gasteiger partial charge >= 0.3 is 5.97 Å². The lowest BCUT2D eigenvalue weighted by atomic mass is 10.2. The first-order chi connectivity index (χ1) is 13.7. The number of esters is 1. The van der Waals surface area contributed by atoms with Gasteiger partial charge in [-0.25, -0.2) is 4.79 Å². The molecule has 0 atom stereocenters. The highest BCUT2D eigenvalue weighted by molar-refractivity contribution is 6.33. The number of ether oxygens (including phenoxy) is 1. The van der Waals surface area contributed by atoms with E-state index in [4.69, 9.17) is 33.2 Å². The molecule has 0 aliphatic carbocycles. The summed E-state index contributed by atoms with van der Waals surface area (Å²) in [4.78, 5) is 36.3. The van der Waals surface area contributed by atoms with Crippen LogP contribution in [0.25, 0.3) is 0 Å². The molecule has 0 saturated carbocycles. The topological polar surface area (TPSA) is 114 Å². The van der Waals surface area contributed by atoms with Gasteiger partial charge in [0.15, 0.2) is 6.61 Å². The molecule has 8 nitrogen and oxygen atoms in total. The predicted octanol–water partition coefficient (Wildman–Crippen LogP) is 4.31. The Morgan fingerprint density at radius 2 is 1.90 bits per heavy atom. The summed E-state index contributed by atoms with van der Waals surface area (Å²) in [6.45, 7) is 1.22. The second-order valence-electron chi connectivity index (χ2n) is 5.88. The molecular weight excluding hydrogens is 421 g/mol. The van der Waals surface area contributed by atoms with E-state index in [-0.39, 0.29) is 29.2 Å². The Bertz CT molecular complexity index is 1000. The minimum absolute atomic E-state index is 0.0392. The first-order valence-electron chi connectivity index (χ1n) is 8.29. The number of carbonyl (C=O) groups is 2. The monoisotopic (exact) mass is 435 g/mol. The zero-order valence-corrected chi connectivity index (χ0v) is 16.7. The van der Waals surface area contributed by atoms with Crippen LogP contribution in [0.4, 0.5) is 11.4 Å². The van der Waals surface area contributed by atoms with Crippen LogP contribution in [0.15, 0.2) is 36.4 Å². The van der Waals surface area contributed by atoms with Gasteiger partial charge in [-0.05, 0) is 36.8 Å². The van der Waals surface area contributed by atoms with Crippen molar-refractivity contribution in [1.29, 1.82) is 5.26 Å². The van der Waals surface area contributed by atoms with Crippen LogP contribution in [-0.2, 0) is 9.53 Å². The average molecular weight is 436 g/mol. The van der Waals surface area contributed by atoms with Gasteiger partial charge in [0, 0.05) is 29.4 Å². The fourth-order valence-electron chi connectivity index (χ4n) is 2.42. The largest absolute Gasteiger partial charge is 0.452 e. The first-order valence-corrected chi connectivity index (χ1v) is 9.04. The van der Waals surface area contributed by atoms with Crippen molar-refractivity contribution in [2.45, 2.75) is 13.3 Å². The van der Waals surface area contributed by atoms with E-state index < -0.39 is 23.4 Å². The Morgan fingerprint density at radius 1 is 1.21 bits per heavy atom. The second-order valence-corrected chi connectivity index (χ2v) is 6.70. The van der Waals surface area contributed by atoms with Crippen LogP contribution >= 0.6 is 23.2 Å². The average Bonchev–Trinajstić information content (AvgIpc) is 2.69. The normalized spacial score (nSPS) is 10.1. The van der Waals surface area contributed by atoms with E-state index in [1.807, 2.05) is 6.07 Å². The van der Waals surface area contributed by atoms with Gasteiger partial charge in [-0.15, -0.1) is 0 Å². The number of non-ortho nitro benzene ring substituents is 1. The lowest BCUT2D eigenvalue weighted by molar-refractivity contribution is -0.384. The molecule has 0 aromatic heterocycles. The lowest BCUT2D eigenvalue weighted by Crippen LogP contribution is -2.35. The summed E-state index contributed by atoms with van der Waals surface area (Å²) in [5.41, 5.74) is 0.676. The van der Waals surface area contributed by atoms with Crippen molar-refractivity contribution in [2.24, 2.45) is 0 Å². The van der Waals surface area contributed by atoms with Crippen LogP contribution in [0.2, 0.25) is 10.0 Å². The van der Waals surface area contributed by atoms with Crippen LogP contribution in [0.5, 0.6) is 0 Å². The molecule has 0 heterocycles. The molecule has 10 heteroatoms. The zero-order valence-electron chi connectivity index (χ0n) is 15.2. The standard InChI is InChI=1S/C19H15Cl2N3O5/c1-12-9-13(3-5-16(12)20)23(8-2-7-22)18(25)11-29-19(26)15-10-14(24(27)28)4-6-17(15)21/h3-6,9-10H,2,8,11H2,1H3. The van der Waals surface area contributed by atoms with Crippen LogP contribution in [0.3, 0.4) is 0 Å². The van der Waals surface area contributed by atoms with Gasteiger partial charge < -0.3 is 9.64 Å². The number of benzene rings is 2. The third kappa shape index (κ3) is 5.67. The summed E-state index contributed by atoms with van der Waals surface area (Å²) in [6, 6.07) is 10.2. The number of nitriles is 1. The minimum Gasteiger partial charge on any atom is -0.452 e. The molecule has 0 saturated heterocycles. The number of carbonyl (C=O) groups excluding carboxylic acids is 2. The number of hydrogen-bond acceptors (Lipinski definition) is 6. The summed E-state index contributed by atoms with van der Waals surface area (Å²) in [5, 5.41) is 20.2. The molecule has 0 N–H and O–H groups in total. The summed E-state index contributed by atoms with van der Waals surface area (Å²) in [6.07, 6.45) is 0.0675. The number of halogens is 2. The summed E-state index contributed by atoms with van der Waals surface area (Å²) in [7, 11) is 0. The molecule has 2 aromatic rings. The predicted molar refractivity (Wildman–Crippen MR) is 107 cm³/mol. The molecule has 0 fully saturated rings. The maximum Gasteiger partial charge on any atom is 0.340 e. The fourth-order valence-corrected chi connectivity index (χ4v) is 2.73. The molecule has 0 spiro atoms. The Hall–Kier alpha value is -3.15.